The monoisotopic (exact) mass is 1860 g/mol. The Kier molecular flexibility index (Phi) is 49.6. The zero-order valence-electron chi connectivity index (χ0n) is 80.0. The highest BCUT2D eigenvalue weighted by molar-refractivity contribution is 5.83. The van der Waals surface area contributed by atoms with Crippen LogP contribution in [0.15, 0.2) is 71.9 Å². The Morgan fingerprint density at radius 1 is 0.431 bits per heavy atom. The molecule has 0 aromatic rings. The summed E-state index contributed by atoms with van der Waals surface area (Å²) in [7, 11) is 12.1. The van der Waals surface area contributed by atoms with Gasteiger partial charge in [0.05, 0.1) is 149 Å². The van der Waals surface area contributed by atoms with Crippen molar-refractivity contribution in [3.8, 4) is 0 Å². The average molecular weight is 1860 g/mol. The Bertz CT molecular complexity index is 3230. The second kappa shape index (κ2) is 57.5. The number of allylic oxidation sites excluding steroid dienone is 4. The van der Waals surface area contributed by atoms with Gasteiger partial charge in [-0.15, -0.1) is 0 Å². The minimum Gasteiger partial charge on any atom is -0.459 e. The Morgan fingerprint density at radius 2 is 0.800 bits per heavy atom. The SMILES string of the molecule is COC1CC(C)OC(CCC(C)C(O)C(C)C2CC(O)CC(O)C(C)C(OC)CC3CC=CC(CC(OC4OCC(OC(=O)C(O)CO)C(OC)C4OC)C/C=C(C)/C=C/C(=O)OC(C(C)C(O)C(C)CCC4CC(OC)CC(C)O4)CC(O)CC(O)C(C)C(OC)CC4CC=CC(CC(OC5OCC(OC(=O)C(O)CO)C(OC)C5OC)C/C=C(C)/C=C/C(=O)O2)O4)O3)C1. The van der Waals surface area contributed by atoms with Crippen LogP contribution in [-0.2, 0) is 114 Å². The first-order valence-corrected chi connectivity index (χ1v) is 46.9. The standard InChI is InChI=1S/C96H160O34/c1-53-25-31-71(125-95-91(117-17)89(115-15)83(51-119-95)129-93(109)77(103)49-97)43-65-21-19-23-67(123-65)47-79(113-13)60(8)76(102)40-64(100)42-82(62(10)88(108)56(4)30-34-70-46-74(112-12)38-58(6)122-70)128-86(106)36-28-54(2)26-32-72(126-96-92(118-18)90(116-16)84(52-120-96)130-94(110)78(104)50-98)44-66-22-20-24-68(124-66)48-80(114-14)59(7)75(101)39-63(99)41-81(127-85(105)35-27-53)61(9)87(107)55(3)29-33-69-45-73(111-11)37-57(5)121-69/h19-22,25-28,35-36,55-84,87-92,95-104,107-108H,23-24,29-34,37-52H2,1-18H3/b35-27+,36-28+,53-25+,54-26+. The van der Waals surface area contributed by atoms with Gasteiger partial charge in [0.25, 0.3) is 0 Å². The lowest BCUT2D eigenvalue weighted by Gasteiger charge is -2.42. The fourth-order valence-corrected chi connectivity index (χ4v) is 18.9. The predicted octanol–water partition coefficient (Wildman–Crippen LogP) is 6.97. The first-order valence-electron chi connectivity index (χ1n) is 46.9. The van der Waals surface area contributed by atoms with E-state index in [0.717, 1.165) is 12.8 Å². The number of carbonyl (C=O) groups excluding carboxylic acids is 4. The van der Waals surface area contributed by atoms with Gasteiger partial charge in [-0.3, -0.25) is 0 Å². The Morgan fingerprint density at radius 3 is 1.14 bits per heavy atom. The fraction of sp³-hybridized carbons (Fsp3) is 0.833. The summed E-state index contributed by atoms with van der Waals surface area (Å²) in [5, 5.41) is 112. The number of hydrogen-bond acceptors (Lipinski definition) is 34. The number of aliphatic hydroxyl groups is 10. The highest BCUT2D eigenvalue weighted by Crippen LogP contribution is 2.38. The molecule has 0 aromatic carbocycles. The van der Waals surface area contributed by atoms with Crippen LogP contribution in [0.3, 0.4) is 0 Å². The molecule has 7 rings (SSSR count). The Labute approximate surface area is 769 Å². The second-order valence-electron chi connectivity index (χ2n) is 37.2. The van der Waals surface area contributed by atoms with Crippen LogP contribution in [0, 0.1) is 35.5 Å². The van der Waals surface area contributed by atoms with Crippen LogP contribution in [-0.4, -0.2) is 354 Å². The van der Waals surface area contributed by atoms with E-state index in [1.165, 1.54) is 54.8 Å². The van der Waals surface area contributed by atoms with E-state index in [-0.39, 0.29) is 113 Å². The van der Waals surface area contributed by atoms with Crippen LogP contribution in [0.25, 0.3) is 0 Å². The number of rotatable bonds is 30. The quantitative estimate of drug-likeness (QED) is 0.0197. The largest absolute Gasteiger partial charge is 0.459 e. The van der Waals surface area contributed by atoms with Gasteiger partial charge in [0.1, 0.15) is 36.6 Å². The van der Waals surface area contributed by atoms with Gasteiger partial charge in [0, 0.05) is 131 Å². The van der Waals surface area contributed by atoms with Crippen molar-refractivity contribution in [3.63, 3.8) is 0 Å². The van der Waals surface area contributed by atoms with Crippen molar-refractivity contribution in [2.45, 2.75) is 393 Å². The molecule has 0 spiro atoms. The van der Waals surface area contributed by atoms with Crippen LogP contribution in [0.5, 0.6) is 0 Å². The van der Waals surface area contributed by atoms with Crippen molar-refractivity contribution in [2.75, 3.05) is 83.3 Å². The Balaban J connectivity index is 1.22. The van der Waals surface area contributed by atoms with E-state index in [4.69, 9.17) is 94.7 Å². The zero-order chi connectivity index (χ0) is 95.6. The van der Waals surface area contributed by atoms with Gasteiger partial charge in [-0.25, -0.2) is 19.2 Å². The summed E-state index contributed by atoms with van der Waals surface area (Å²) in [6, 6.07) is 0. The van der Waals surface area contributed by atoms with Crippen molar-refractivity contribution in [3.05, 3.63) is 71.9 Å². The number of hydrogen-bond donors (Lipinski definition) is 10. The molecule has 34 heteroatoms. The number of cyclic esters (lactones) is 2. The molecule has 7 aliphatic heterocycles. The normalized spacial score (nSPS) is 39.1. The summed E-state index contributed by atoms with van der Waals surface area (Å²) in [5.74, 6) is -7.01. The van der Waals surface area contributed by atoms with Crippen molar-refractivity contribution >= 4 is 23.9 Å². The average Bonchev–Trinajstić information content (AvgIpc) is 0.809. The van der Waals surface area contributed by atoms with Gasteiger partial charge in [-0.05, 0) is 129 Å². The highest BCUT2D eigenvalue weighted by atomic mass is 16.7. The minimum absolute atomic E-state index is 0.0107. The third-order valence-corrected chi connectivity index (χ3v) is 27.1. The van der Waals surface area contributed by atoms with E-state index in [2.05, 4.69) is 0 Å². The maximum Gasteiger partial charge on any atom is 0.337 e. The van der Waals surface area contributed by atoms with Gasteiger partial charge in [-0.1, -0.05) is 101 Å². The van der Waals surface area contributed by atoms with Crippen molar-refractivity contribution in [2.24, 2.45) is 35.5 Å². The molecule has 38 unspecified atom stereocenters. The maximum atomic E-state index is 14.4. The number of esters is 4. The number of fused-ring (bicyclic) bond motifs is 4. The lowest BCUT2D eigenvalue weighted by atomic mass is 9.83. The topological polar surface area (TPSA) is 455 Å². The van der Waals surface area contributed by atoms with Crippen molar-refractivity contribution in [1.29, 1.82) is 0 Å². The molecule has 748 valence electrons. The maximum absolute atomic E-state index is 14.4. The number of methoxy groups -OCH3 is 8. The lowest BCUT2D eigenvalue weighted by molar-refractivity contribution is -0.295. The zero-order valence-corrected chi connectivity index (χ0v) is 80.0. The number of carbonyl (C=O) groups is 4. The van der Waals surface area contributed by atoms with Crippen molar-refractivity contribution < 1.29 is 165 Å². The summed E-state index contributed by atoms with van der Waals surface area (Å²) >= 11 is 0. The molecule has 38 atom stereocenters. The molecule has 10 N–H and O–H groups in total. The fourth-order valence-electron chi connectivity index (χ4n) is 18.9. The van der Waals surface area contributed by atoms with E-state index in [9.17, 15) is 70.2 Å². The van der Waals surface area contributed by atoms with Gasteiger partial charge >= 0.3 is 23.9 Å². The highest BCUT2D eigenvalue weighted by Gasteiger charge is 2.49. The molecule has 34 nitrogen and oxygen atoms in total. The molecule has 130 heavy (non-hydrogen) atoms. The van der Waals surface area contributed by atoms with Crippen LogP contribution >= 0.6 is 0 Å². The molecule has 4 fully saturated rings. The first-order chi connectivity index (χ1) is 62.0. The smallest absolute Gasteiger partial charge is 0.337 e. The van der Waals surface area contributed by atoms with E-state index in [1.54, 1.807) is 54.1 Å². The van der Waals surface area contributed by atoms with Gasteiger partial charge in [0.15, 0.2) is 37.0 Å². The molecule has 0 radical (unpaired) electrons. The summed E-state index contributed by atoms with van der Waals surface area (Å²) in [5.41, 5.74) is 1.21. The molecule has 7 heterocycles. The molecular weight excluding hydrogens is 1700 g/mol. The number of aliphatic hydroxyl groups excluding tert-OH is 10. The molecule has 7 aliphatic rings. The molecule has 0 aromatic heterocycles. The second-order valence-corrected chi connectivity index (χ2v) is 37.2. The van der Waals surface area contributed by atoms with Gasteiger partial charge in [-0.2, -0.15) is 0 Å². The van der Waals surface area contributed by atoms with E-state index in [1.807, 2.05) is 78.0 Å². The van der Waals surface area contributed by atoms with Gasteiger partial charge in [0.2, 0.25) is 0 Å². The summed E-state index contributed by atoms with van der Waals surface area (Å²) in [6.45, 7) is 16.4. The number of ether oxygens (including phenoxy) is 20. The molecule has 0 saturated carbocycles. The first kappa shape index (κ1) is 112. The minimum atomic E-state index is -1.82. The summed E-state index contributed by atoms with van der Waals surface area (Å²) in [6.07, 6.45) is -1.78. The third kappa shape index (κ3) is 35.7. The van der Waals surface area contributed by atoms with E-state index < -0.39 is 220 Å². The van der Waals surface area contributed by atoms with Crippen LogP contribution < -0.4 is 0 Å². The predicted molar refractivity (Wildman–Crippen MR) is 475 cm³/mol. The van der Waals surface area contributed by atoms with Crippen LogP contribution in [0.2, 0.25) is 0 Å². The lowest BCUT2D eigenvalue weighted by Crippen LogP contribution is -2.58. The van der Waals surface area contributed by atoms with Crippen LogP contribution in [0.4, 0.5) is 0 Å². The van der Waals surface area contributed by atoms with Gasteiger partial charge < -0.3 is 146 Å². The summed E-state index contributed by atoms with van der Waals surface area (Å²) < 4.78 is 123. The van der Waals surface area contributed by atoms with Crippen LogP contribution in [0.1, 0.15) is 198 Å². The molecule has 0 amide bonds. The molecule has 4 saturated heterocycles. The molecule has 0 aliphatic carbocycles. The van der Waals surface area contributed by atoms with E-state index in [0.29, 0.717) is 75.4 Å². The molecule has 4 bridgehead atoms. The van der Waals surface area contributed by atoms with E-state index >= 15 is 0 Å². The third-order valence-electron chi connectivity index (χ3n) is 27.1. The molecular formula is C96H160O34. The summed E-state index contributed by atoms with van der Waals surface area (Å²) in [4.78, 5) is 54.3. The Hall–Kier alpha value is -4.72. The van der Waals surface area contributed by atoms with Crippen molar-refractivity contribution in [1.82, 2.24) is 0 Å².